The van der Waals surface area contributed by atoms with Crippen molar-refractivity contribution in [2.45, 2.75) is 20.8 Å². The lowest BCUT2D eigenvalue weighted by Gasteiger charge is -2.07. The number of benzene rings is 1. The van der Waals surface area contributed by atoms with Crippen molar-refractivity contribution in [3.8, 4) is 0 Å². The van der Waals surface area contributed by atoms with E-state index in [1.54, 1.807) is 20.8 Å². The third-order valence-electron chi connectivity index (χ3n) is 3.63. The molecule has 0 radical (unpaired) electrons. The molecule has 0 saturated heterocycles. The summed E-state index contributed by atoms with van der Waals surface area (Å²) < 4.78 is 10.00. The van der Waals surface area contributed by atoms with E-state index in [1.165, 1.54) is 18.2 Å². The molecule has 1 aromatic heterocycles. The quantitative estimate of drug-likeness (QED) is 0.423. The predicted molar refractivity (Wildman–Crippen MR) is 102 cm³/mol. The molecule has 9 nitrogen and oxygen atoms in total. The number of nitro benzene ring substituents is 1. The van der Waals surface area contributed by atoms with Crippen molar-refractivity contribution in [1.82, 2.24) is 0 Å². The van der Waals surface area contributed by atoms with Crippen LogP contribution in [0.5, 0.6) is 0 Å². The van der Waals surface area contributed by atoms with E-state index in [9.17, 15) is 24.5 Å². The number of nitrogens with zero attached hydrogens (tertiary/aromatic N) is 1. The summed E-state index contributed by atoms with van der Waals surface area (Å²) in [4.78, 5) is 47.5. The third-order valence-corrected chi connectivity index (χ3v) is 4.82. The van der Waals surface area contributed by atoms with E-state index in [0.717, 1.165) is 17.4 Å². The van der Waals surface area contributed by atoms with Gasteiger partial charge in [0.15, 0.2) is 0 Å². The standard InChI is InChI=1S/C18H18N2O7S/c1-4-26-17(22)13-10(3)14(18(23)27-5-2)28-16(13)19-15(21)11-7-6-8-12(9-11)20(24)25/h6-9H,4-5H2,1-3H3,(H,19,21). The summed E-state index contributed by atoms with van der Waals surface area (Å²) in [5.74, 6) is -1.97. The van der Waals surface area contributed by atoms with Crippen LogP contribution in [0, 0.1) is 17.0 Å². The van der Waals surface area contributed by atoms with Crippen molar-refractivity contribution < 1.29 is 28.8 Å². The Bertz CT molecular complexity index is 936. The number of hydrogen-bond donors (Lipinski definition) is 1. The van der Waals surface area contributed by atoms with Gasteiger partial charge >= 0.3 is 11.9 Å². The molecule has 10 heteroatoms. The molecule has 0 fully saturated rings. The lowest BCUT2D eigenvalue weighted by Crippen LogP contribution is -2.15. The molecule has 28 heavy (non-hydrogen) atoms. The Morgan fingerprint density at radius 1 is 1.14 bits per heavy atom. The maximum atomic E-state index is 12.5. The number of thiophene rings is 1. The van der Waals surface area contributed by atoms with Gasteiger partial charge in [0.1, 0.15) is 9.88 Å². The summed E-state index contributed by atoms with van der Waals surface area (Å²) in [7, 11) is 0. The van der Waals surface area contributed by atoms with E-state index in [1.807, 2.05) is 0 Å². The number of carbonyl (C=O) groups excluding carboxylic acids is 3. The van der Waals surface area contributed by atoms with Crippen LogP contribution in [0.1, 0.15) is 49.8 Å². The zero-order valence-electron chi connectivity index (χ0n) is 15.4. The van der Waals surface area contributed by atoms with Gasteiger partial charge in [0, 0.05) is 17.7 Å². The van der Waals surface area contributed by atoms with E-state index in [2.05, 4.69) is 5.32 Å². The van der Waals surface area contributed by atoms with E-state index < -0.39 is 22.8 Å². The fraction of sp³-hybridized carbons (Fsp3) is 0.278. The molecule has 2 rings (SSSR count). The monoisotopic (exact) mass is 406 g/mol. The SMILES string of the molecule is CCOC(=O)c1sc(NC(=O)c2cccc([N+](=O)[O-])c2)c(C(=O)OCC)c1C. The Kier molecular flexibility index (Phi) is 6.83. The van der Waals surface area contributed by atoms with Crippen LogP contribution in [-0.2, 0) is 9.47 Å². The molecular weight excluding hydrogens is 388 g/mol. The molecule has 1 heterocycles. The molecule has 2 aromatic rings. The Morgan fingerprint density at radius 2 is 1.79 bits per heavy atom. The molecule has 1 N–H and O–H groups in total. The van der Waals surface area contributed by atoms with E-state index in [0.29, 0.717) is 5.56 Å². The van der Waals surface area contributed by atoms with Crippen LogP contribution >= 0.6 is 11.3 Å². The number of amides is 1. The Morgan fingerprint density at radius 3 is 2.39 bits per heavy atom. The topological polar surface area (TPSA) is 125 Å². The summed E-state index contributed by atoms with van der Waals surface area (Å²) in [6, 6.07) is 5.16. The number of rotatable bonds is 7. The zero-order chi connectivity index (χ0) is 20.8. The summed E-state index contributed by atoms with van der Waals surface area (Å²) in [5.41, 5.74) is 0.172. The van der Waals surface area contributed by atoms with Gasteiger partial charge in [-0.3, -0.25) is 14.9 Å². The fourth-order valence-electron chi connectivity index (χ4n) is 2.38. The number of carbonyl (C=O) groups is 3. The van der Waals surface area contributed by atoms with Gasteiger partial charge in [0.05, 0.1) is 23.7 Å². The van der Waals surface area contributed by atoms with Crippen LogP contribution in [0.4, 0.5) is 10.7 Å². The maximum absolute atomic E-state index is 12.5. The predicted octanol–water partition coefficient (Wildman–Crippen LogP) is 3.57. The van der Waals surface area contributed by atoms with Crippen LogP contribution in [0.15, 0.2) is 24.3 Å². The molecule has 0 atom stereocenters. The molecule has 0 unspecified atom stereocenters. The van der Waals surface area contributed by atoms with Crippen LogP contribution in [-0.4, -0.2) is 36.0 Å². The average molecular weight is 406 g/mol. The number of nitro groups is 1. The first-order valence-electron chi connectivity index (χ1n) is 8.33. The van der Waals surface area contributed by atoms with Crippen LogP contribution < -0.4 is 5.32 Å². The minimum atomic E-state index is -0.693. The smallest absolute Gasteiger partial charge is 0.348 e. The zero-order valence-corrected chi connectivity index (χ0v) is 16.3. The van der Waals surface area contributed by atoms with Crippen molar-refractivity contribution in [1.29, 1.82) is 0 Å². The van der Waals surface area contributed by atoms with Gasteiger partial charge in [-0.05, 0) is 32.4 Å². The van der Waals surface area contributed by atoms with Gasteiger partial charge in [-0.1, -0.05) is 6.07 Å². The van der Waals surface area contributed by atoms with E-state index >= 15 is 0 Å². The van der Waals surface area contributed by atoms with Crippen molar-refractivity contribution in [2.24, 2.45) is 0 Å². The van der Waals surface area contributed by atoms with Gasteiger partial charge in [-0.15, -0.1) is 11.3 Å². The summed E-state index contributed by atoms with van der Waals surface area (Å²) in [6.07, 6.45) is 0. The first-order valence-corrected chi connectivity index (χ1v) is 9.15. The highest BCUT2D eigenvalue weighted by Crippen LogP contribution is 2.34. The number of ether oxygens (including phenoxy) is 2. The summed E-state index contributed by atoms with van der Waals surface area (Å²) >= 11 is 0.881. The van der Waals surface area contributed by atoms with Crippen LogP contribution in [0.3, 0.4) is 0 Å². The van der Waals surface area contributed by atoms with Crippen molar-refractivity contribution >= 4 is 39.9 Å². The number of hydrogen-bond acceptors (Lipinski definition) is 8. The van der Waals surface area contributed by atoms with Gasteiger partial charge < -0.3 is 14.8 Å². The first-order chi connectivity index (χ1) is 13.3. The minimum absolute atomic E-state index is 0.0350. The molecule has 1 aromatic carbocycles. The molecule has 0 bridgehead atoms. The van der Waals surface area contributed by atoms with Crippen molar-refractivity contribution in [2.75, 3.05) is 18.5 Å². The second kappa shape index (κ2) is 9.09. The number of esters is 2. The van der Waals surface area contributed by atoms with Gasteiger partial charge in [0.25, 0.3) is 11.6 Å². The van der Waals surface area contributed by atoms with Gasteiger partial charge in [0.2, 0.25) is 0 Å². The van der Waals surface area contributed by atoms with Gasteiger partial charge in [-0.2, -0.15) is 0 Å². The lowest BCUT2D eigenvalue weighted by molar-refractivity contribution is -0.384. The Labute approximate surface area is 164 Å². The normalized spacial score (nSPS) is 10.2. The number of anilines is 1. The molecule has 0 aliphatic rings. The number of nitrogens with one attached hydrogen (secondary N) is 1. The fourth-order valence-corrected chi connectivity index (χ4v) is 3.46. The van der Waals surface area contributed by atoms with E-state index in [-0.39, 0.29) is 39.9 Å². The highest BCUT2D eigenvalue weighted by Gasteiger charge is 2.27. The van der Waals surface area contributed by atoms with Gasteiger partial charge in [-0.25, -0.2) is 9.59 Å². The molecule has 0 spiro atoms. The second-order valence-electron chi connectivity index (χ2n) is 5.46. The summed E-state index contributed by atoms with van der Waals surface area (Å²) in [6.45, 7) is 5.10. The average Bonchev–Trinajstić information content (AvgIpc) is 2.98. The molecule has 0 aliphatic carbocycles. The molecule has 1 amide bonds. The highest BCUT2D eigenvalue weighted by molar-refractivity contribution is 7.18. The lowest BCUT2D eigenvalue weighted by atomic mass is 10.1. The third kappa shape index (κ3) is 4.52. The molecule has 0 saturated carbocycles. The van der Waals surface area contributed by atoms with Crippen LogP contribution in [0.25, 0.3) is 0 Å². The van der Waals surface area contributed by atoms with Crippen molar-refractivity contribution in [3.63, 3.8) is 0 Å². The van der Waals surface area contributed by atoms with Crippen molar-refractivity contribution in [3.05, 3.63) is 55.9 Å². The molecular formula is C18H18N2O7S. The highest BCUT2D eigenvalue weighted by atomic mass is 32.1. The van der Waals surface area contributed by atoms with E-state index in [4.69, 9.17) is 9.47 Å². The van der Waals surface area contributed by atoms with Crippen LogP contribution in [0.2, 0.25) is 0 Å². The maximum Gasteiger partial charge on any atom is 0.348 e. The second-order valence-corrected chi connectivity index (χ2v) is 6.48. The minimum Gasteiger partial charge on any atom is -0.462 e. The molecule has 0 aliphatic heterocycles. The Balaban J connectivity index is 2.43. The first kappa shape index (κ1) is 21.0. The largest absolute Gasteiger partial charge is 0.462 e. The summed E-state index contributed by atoms with van der Waals surface area (Å²) in [5, 5.41) is 13.5. The number of non-ortho nitro benzene ring substituents is 1. The Hall–Kier alpha value is -3.27. The molecule has 148 valence electrons.